The van der Waals surface area contributed by atoms with Crippen molar-refractivity contribution in [2.45, 2.75) is 5.94 Å². The van der Waals surface area contributed by atoms with Crippen molar-refractivity contribution in [2.24, 2.45) is 5.73 Å². The molecule has 0 saturated heterocycles. The number of hydrogen-bond donors (Lipinski definition) is 1. The summed E-state index contributed by atoms with van der Waals surface area (Å²) in [6, 6.07) is -2.57. The molecule has 0 aromatic heterocycles. The van der Waals surface area contributed by atoms with Crippen molar-refractivity contribution in [3.05, 3.63) is 0 Å². The van der Waals surface area contributed by atoms with E-state index in [1.165, 1.54) is 7.05 Å². The van der Waals surface area contributed by atoms with Crippen molar-refractivity contribution < 1.29 is 0 Å². The van der Waals surface area contributed by atoms with E-state index in [1.54, 1.807) is 0 Å². The highest BCUT2D eigenvalue weighted by molar-refractivity contribution is 7.67. The molecule has 0 radical (unpaired) electrons. The van der Waals surface area contributed by atoms with Crippen molar-refractivity contribution in [1.82, 2.24) is 0 Å². The Hall–Kier alpha value is 1.69. The zero-order valence-corrected chi connectivity index (χ0v) is 10.0. The molecular formula is C2H7BCl5NSi. The van der Waals surface area contributed by atoms with Crippen LogP contribution in [-0.2, 0) is 0 Å². The predicted octanol–water partition coefficient (Wildman–Crippen LogP) is 2.72. The molecule has 0 atom stereocenters. The summed E-state index contributed by atoms with van der Waals surface area (Å²) < 4.78 is 0. The third kappa shape index (κ3) is 16.4. The highest BCUT2D eigenvalue weighted by Crippen LogP contribution is 2.27. The van der Waals surface area contributed by atoms with E-state index >= 15 is 0 Å². The Bertz CT molecular complexity index is 74.5. The average Bonchev–Trinajstić information content (AvgIpc) is 1.64. The molecule has 0 amide bonds. The molecule has 0 aromatic carbocycles. The molecule has 0 heterocycles. The molecule has 0 saturated carbocycles. The third-order valence-electron chi connectivity index (χ3n) is 0.386. The van der Waals surface area contributed by atoms with Crippen LogP contribution in [0.3, 0.4) is 0 Å². The lowest BCUT2D eigenvalue weighted by Crippen LogP contribution is -2.14. The summed E-state index contributed by atoms with van der Waals surface area (Å²) in [5, 5.41) is 0. The Morgan fingerprint density at radius 1 is 1.20 bits per heavy atom. The minimum Gasteiger partial charge on any atom is -0.333 e. The Morgan fingerprint density at radius 3 is 1.50 bits per heavy atom. The summed E-state index contributed by atoms with van der Waals surface area (Å²) in [4.78, 5) is 0. The first kappa shape index (κ1) is 14.2. The van der Waals surface area contributed by atoms with Gasteiger partial charge in [-0.2, -0.15) is 22.9 Å². The zero-order chi connectivity index (χ0) is 8.78. The second-order valence-electron chi connectivity index (χ2n) is 1.21. The van der Waals surface area contributed by atoms with Gasteiger partial charge in [0, 0.05) is 0 Å². The van der Waals surface area contributed by atoms with Crippen LogP contribution < -0.4 is 5.73 Å². The highest BCUT2D eigenvalue weighted by Gasteiger charge is 2.29. The van der Waals surface area contributed by atoms with Crippen molar-refractivity contribution in [2.75, 3.05) is 7.05 Å². The molecule has 0 aliphatic heterocycles. The predicted molar refractivity (Wildman–Crippen MR) is 55.7 cm³/mol. The van der Waals surface area contributed by atoms with Gasteiger partial charge in [0.15, 0.2) is 0 Å². The lowest BCUT2D eigenvalue weighted by Gasteiger charge is -2.03. The Morgan fingerprint density at radius 2 is 1.50 bits per heavy atom. The molecule has 2 N–H and O–H groups in total. The smallest absolute Gasteiger partial charge is 0.333 e. The average molecular weight is 261 g/mol. The molecule has 0 bridgehead atoms. The standard InChI is InChI=1S/CH2BCl5Si.CH5N/c3-2(4)1-8(5,6)7;1-2/h1H2;2H2,1H3. The van der Waals surface area contributed by atoms with Crippen LogP contribution in [0.25, 0.3) is 0 Å². The quantitative estimate of drug-likeness (QED) is 0.600. The maximum Gasteiger partial charge on any atom is 0.352 e. The molecule has 0 fully saturated rings. The van der Waals surface area contributed by atoms with Crippen LogP contribution in [0.4, 0.5) is 0 Å². The van der Waals surface area contributed by atoms with E-state index in [0.717, 1.165) is 0 Å². The van der Waals surface area contributed by atoms with Gasteiger partial charge in [-0.3, -0.25) is 0 Å². The summed E-state index contributed by atoms with van der Waals surface area (Å²) in [6.45, 7) is 0. The number of hydrogen-bond acceptors (Lipinski definition) is 1. The molecule has 1 nitrogen and oxygen atoms in total. The molecule has 10 heavy (non-hydrogen) atoms. The molecule has 62 valence electrons. The molecule has 0 unspecified atom stereocenters. The van der Waals surface area contributed by atoms with Gasteiger partial charge in [0.05, 0.1) is 0 Å². The van der Waals surface area contributed by atoms with E-state index in [2.05, 4.69) is 5.73 Å². The summed E-state index contributed by atoms with van der Waals surface area (Å²) in [5.74, 6) is 0.292. The summed E-state index contributed by atoms with van der Waals surface area (Å²) in [5.41, 5.74) is 3.95. The van der Waals surface area contributed by atoms with Crippen LogP contribution in [0.5, 0.6) is 0 Å². The minimum atomic E-state index is -2.57. The first-order chi connectivity index (χ1) is 4.42. The van der Waals surface area contributed by atoms with Gasteiger partial charge in [-0.25, -0.2) is 0 Å². The van der Waals surface area contributed by atoms with Gasteiger partial charge in [-0.15, -0.1) is 33.2 Å². The molecule has 0 spiro atoms. The van der Waals surface area contributed by atoms with E-state index in [-0.39, 0.29) is 0 Å². The van der Waals surface area contributed by atoms with E-state index < -0.39 is 11.5 Å². The van der Waals surface area contributed by atoms with Crippen molar-refractivity contribution in [3.8, 4) is 0 Å². The normalized spacial score (nSPS) is 9.90. The molecular weight excluding hydrogens is 254 g/mol. The van der Waals surface area contributed by atoms with Crippen molar-refractivity contribution in [3.63, 3.8) is 0 Å². The monoisotopic (exact) mass is 259 g/mol. The second-order valence-corrected chi connectivity index (χ2v) is 11.7. The second kappa shape index (κ2) is 7.35. The Balaban J connectivity index is 0. The fourth-order valence-electron chi connectivity index (χ4n) is 0.175. The van der Waals surface area contributed by atoms with Gasteiger partial charge in [-0.05, 0) is 13.0 Å². The zero-order valence-electron chi connectivity index (χ0n) is 5.25. The van der Waals surface area contributed by atoms with Crippen LogP contribution in [0.2, 0.25) is 5.94 Å². The first-order valence-electron chi connectivity index (χ1n) is 2.34. The number of nitrogens with two attached hydrogens (primary N) is 1. The van der Waals surface area contributed by atoms with Gasteiger partial charge in [0.25, 0.3) is 0 Å². The van der Waals surface area contributed by atoms with Gasteiger partial charge in [0.2, 0.25) is 0 Å². The maximum absolute atomic E-state index is 5.43. The summed E-state index contributed by atoms with van der Waals surface area (Å²) in [7, 11) is 1.50. The Kier molecular flexibility index (Phi) is 10.5. The fraction of sp³-hybridized carbons (Fsp3) is 1.00. The highest BCUT2D eigenvalue weighted by atomic mass is 35.8. The summed E-state index contributed by atoms with van der Waals surface area (Å²) >= 11 is 26.9. The molecule has 0 aliphatic carbocycles. The first-order valence-corrected chi connectivity index (χ1v) is 8.46. The van der Waals surface area contributed by atoms with E-state index in [1.807, 2.05) is 0 Å². The summed E-state index contributed by atoms with van der Waals surface area (Å²) in [6.07, 6.45) is 0. The van der Waals surface area contributed by atoms with Crippen LogP contribution in [0.1, 0.15) is 0 Å². The lowest BCUT2D eigenvalue weighted by atomic mass is 10.2. The van der Waals surface area contributed by atoms with Gasteiger partial charge >= 0.3 is 11.5 Å². The number of halogens is 5. The van der Waals surface area contributed by atoms with Gasteiger partial charge in [0.1, 0.15) is 0 Å². The Labute approximate surface area is 86.1 Å². The molecule has 0 rings (SSSR count). The molecule has 0 aromatic rings. The van der Waals surface area contributed by atoms with E-state index in [4.69, 9.17) is 56.2 Å². The van der Waals surface area contributed by atoms with Crippen LogP contribution in [0, 0.1) is 0 Å². The number of rotatable bonds is 2. The van der Waals surface area contributed by atoms with Crippen LogP contribution >= 0.6 is 56.2 Å². The minimum absolute atomic E-state index is 0.292. The molecule has 0 aliphatic rings. The topological polar surface area (TPSA) is 26.0 Å². The van der Waals surface area contributed by atoms with Gasteiger partial charge < -0.3 is 5.73 Å². The SMILES string of the molecule is CN.ClB(Cl)C[Si](Cl)(Cl)Cl. The fourth-order valence-corrected chi connectivity index (χ4v) is 4.72. The van der Waals surface area contributed by atoms with E-state index in [0.29, 0.717) is 5.94 Å². The molecule has 8 heteroatoms. The van der Waals surface area contributed by atoms with E-state index in [9.17, 15) is 0 Å². The van der Waals surface area contributed by atoms with Crippen molar-refractivity contribution in [1.29, 1.82) is 0 Å². The third-order valence-corrected chi connectivity index (χ3v) is 3.47. The maximum atomic E-state index is 5.43. The lowest BCUT2D eigenvalue weighted by molar-refractivity contribution is 1.48. The van der Waals surface area contributed by atoms with Crippen molar-refractivity contribution >= 4 is 67.7 Å². The van der Waals surface area contributed by atoms with Crippen LogP contribution in [0.15, 0.2) is 0 Å². The largest absolute Gasteiger partial charge is 0.352 e. The van der Waals surface area contributed by atoms with Crippen LogP contribution in [-0.4, -0.2) is 18.6 Å². The van der Waals surface area contributed by atoms with Gasteiger partial charge in [-0.1, -0.05) is 0 Å².